The third kappa shape index (κ3) is 4.71. The van der Waals surface area contributed by atoms with Gasteiger partial charge in [-0.1, -0.05) is 16.4 Å². The number of hydrogen-bond acceptors (Lipinski definition) is 7. The molecule has 8 heteroatoms. The molecule has 0 N–H and O–H groups in total. The second kappa shape index (κ2) is 9.13. The van der Waals surface area contributed by atoms with Crippen LogP contribution in [-0.4, -0.2) is 56.1 Å². The van der Waals surface area contributed by atoms with Gasteiger partial charge in [0.15, 0.2) is 0 Å². The summed E-state index contributed by atoms with van der Waals surface area (Å²) in [7, 11) is 1.74. The maximum Gasteiger partial charge on any atom is 0.255 e. The maximum absolute atomic E-state index is 12.7. The van der Waals surface area contributed by atoms with E-state index in [4.69, 9.17) is 4.63 Å². The van der Waals surface area contributed by atoms with Crippen LogP contribution < -0.4 is 0 Å². The van der Waals surface area contributed by atoms with Gasteiger partial charge < -0.3 is 4.90 Å². The van der Waals surface area contributed by atoms with Crippen molar-refractivity contribution in [2.24, 2.45) is 0 Å². The Morgan fingerprint density at radius 2 is 2.13 bits per heavy atom. The smallest absolute Gasteiger partial charge is 0.255 e. The standard InChI is InChI=1S/C22H26N6O2/c1-16-21(26-30-25-16)15-27(2)22(29)17-8-9-20(24-12-17)18-6-5-11-28(13-18)14-19-7-3-4-10-23-19/h3-4,7-10,12,18H,5-6,11,13-15H2,1-2H3. The predicted molar refractivity (Wildman–Crippen MR) is 111 cm³/mol. The van der Waals surface area contributed by atoms with Gasteiger partial charge in [-0.3, -0.25) is 19.7 Å². The second-order valence-electron chi connectivity index (χ2n) is 7.82. The Morgan fingerprint density at radius 3 is 2.83 bits per heavy atom. The molecule has 1 atom stereocenters. The van der Waals surface area contributed by atoms with Crippen LogP contribution in [0.15, 0.2) is 47.4 Å². The highest BCUT2D eigenvalue weighted by atomic mass is 16.6. The number of hydrogen-bond donors (Lipinski definition) is 0. The number of aromatic nitrogens is 4. The molecule has 0 saturated carbocycles. The molecule has 0 radical (unpaired) electrons. The van der Waals surface area contributed by atoms with E-state index in [1.165, 1.54) is 0 Å². The van der Waals surface area contributed by atoms with E-state index in [-0.39, 0.29) is 5.91 Å². The normalized spacial score (nSPS) is 17.1. The summed E-state index contributed by atoms with van der Waals surface area (Å²) in [5.41, 5.74) is 4.04. The number of pyridine rings is 2. The Hall–Kier alpha value is -3.13. The summed E-state index contributed by atoms with van der Waals surface area (Å²) in [6.07, 6.45) is 5.76. The van der Waals surface area contributed by atoms with Crippen LogP contribution >= 0.6 is 0 Å². The molecule has 1 aliphatic rings. The fourth-order valence-corrected chi connectivity index (χ4v) is 3.84. The highest BCUT2D eigenvalue weighted by molar-refractivity contribution is 5.93. The van der Waals surface area contributed by atoms with Crippen molar-refractivity contribution in [1.82, 2.24) is 30.1 Å². The zero-order chi connectivity index (χ0) is 20.9. The fraction of sp³-hybridized carbons (Fsp3) is 0.409. The van der Waals surface area contributed by atoms with E-state index in [2.05, 4.69) is 31.2 Å². The number of nitrogens with zero attached hydrogens (tertiary/aromatic N) is 6. The van der Waals surface area contributed by atoms with Crippen molar-refractivity contribution in [1.29, 1.82) is 0 Å². The molecule has 1 fully saturated rings. The third-order valence-electron chi connectivity index (χ3n) is 5.55. The van der Waals surface area contributed by atoms with E-state index in [0.717, 1.165) is 43.9 Å². The lowest BCUT2D eigenvalue weighted by Gasteiger charge is -2.32. The minimum Gasteiger partial charge on any atom is -0.336 e. The zero-order valence-corrected chi connectivity index (χ0v) is 17.4. The van der Waals surface area contributed by atoms with Gasteiger partial charge >= 0.3 is 0 Å². The molecule has 1 amide bonds. The first-order chi connectivity index (χ1) is 14.6. The lowest BCUT2D eigenvalue weighted by Crippen LogP contribution is -2.34. The average molecular weight is 406 g/mol. The molecule has 30 heavy (non-hydrogen) atoms. The first kappa shape index (κ1) is 20.2. The van der Waals surface area contributed by atoms with Gasteiger partial charge in [0.05, 0.1) is 17.8 Å². The van der Waals surface area contributed by atoms with Gasteiger partial charge in [-0.25, -0.2) is 4.63 Å². The summed E-state index contributed by atoms with van der Waals surface area (Å²) in [5, 5.41) is 7.59. The molecule has 1 saturated heterocycles. The molecule has 1 unspecified atom stereocenters. The first-order valence-electron chi connectivity index (χ1n) is 10.2. The molecule has 4 heterocycles. The number of amides is 1. The predicted octanol–water partition coefficient (Wildman–Crippen LogP) is 2.82. The summed E-state index contributed by atoms with van der Waals surface area (Å²) < 4.78 is 4.70. The Bertz CT molecular complexity index is 973. The molecule has 0 spiro atoms. The summed E-state index contributed by atoms with van der Waals surface area (Å²) >= 11 is 0. The highest BCUT2D eigenvalue weighted by Crippen LogP contribution is 2.26. The monoisotopic (exact) mass is 406 g/mol. The fourth-order valence-electron chi connectivity index (χ4n) is 3.84. The van der Waals surface area contributed by atoms with Crippen molar-refractivity contribution < 1.29 is 9.42 Å². The molecule has 1 aliphatic heterocycles. The van der Waals surface area contributed by atoms with E-state index >= 15 is 0 Å². The van der Waals surface area contributed by atoms with Crippen LogP contribution in [0.25, 0.3) is 0 Å². The van der Waals surface area contributed by atoms with Crippen molar-refractivity contribution in [3.63, 3.8) is 0 Å². The van der Waals surface area contributed by atoms with E-state index in [9.17, 15) is 4.79 Å². The molecule has 0 bridgehead atoms. The van der Waals surface area contributed by atoms with Crippen LogP contribution in [0.1, 0.15) is 51.9 Å². The second-order valence-corrected chi connectivity index (χ2v) is 7.82. The first-order valence-corrected chi connectivity index (χ1v) is 10.2. The molecule has 3 aromatic rings. The Morgan fingerprint density at radius 1 is 1.23 bits per heavy atom. The molecular formula is C22H26N6O2. The van der Waals surface area contributed by atoms with Crippen LogP contribution in [0, 0.1) is 6.92 Å². The van der Waals surface area contributed by atoms with Gasteiger partial charge in [-0.05, 0) is 50.6 Å². The van der Waals surface area contributed by atoms with Crippen LogP contribution in [0.2, 0.25) is 0 Å². The van der Waals surface area contributed by atoms with Gasteiger partial charge in [-0.2, -0.15) is 0 Å². The van der Waals surface area contributed by atoms with E-state index < -0.39 is 0 Å². The zero-order valence-electron chi connectivity index (χ0n) is 17.4. The van der Waals surface area contributed by atoms with Gasteiger partial charge in [0, 0.05) is 44.1 Å². The Labute approximate surface area is 175 Å². The highest BCUT2D eigenvalue weighted by Gasteiger charge is 2.23. The summed E-state index contributed by atoms with van der Waals surface area (Å²) in [6, 6.07) is 9.88. The minimum absolute atomic E-state index is 0.100. The van der Waals surface area contributed by atoms with Crippen molar-refractivity contribution in [2.45, 2.75) is 38.8 Å². The molecule has 0 aromatic carbocycles. The summed E-state index contributed by atoms with van der Waals surface area (Å²) in [5.74, 6) is 0.269. The van der Waals surface area contributed by atoms with Gasteiger partial charge in [-0.15, -0.1) is 0 Å². The number of aryl methyl sites for hydroxylation is 1. The number of likely N-dealkylation sites (tertiary alicyclic amines) is 1. The van der Waals surface area contributed by atoms with Crippen LogP contribution in [-0.2, 0) is 13.1 Å². The molecule has 0 aliphatic carbocycles. The Kier molecular flexibility index (Phi) is 6.13. The quantitative estimate of drug-likeness (QED) is 0.622. The van der Waals surface area contributed by atoms with Gasteiger partial charge in [0.2, 0.25) is 0 Å². The topological polar surface area (TPSA) is 88.3 Å². The molecule has 8 nitrogen and oxygen atoms in total. The van der Waals surface area contributed by atoms with Crippen molar-refractivity contribution >= 4 is 5.91 Å². The van der Waals surface area contributed by atoms with Crippen LogP contribution in [0.4, 0.5) is 0 Å². The van der Waals surface area contributed by atoms with Gasteiger partial charge in [0.1, 0.15) is 11.4 Å². The SMILES string of the molecule is Cc1nonc1CN(C)C(=O)c1ccc(C2CCCN(Cc3ccccn3)C2)nc1. The van der Waals surface area contributed by atoms with E-state index in [1.54, 1.807) is 18.1 Å². The number of piperidine rings is 1. The molecule has 4 rings (SSSR count). The average Bonchev–Trinajstić information content (AvgIpc) is 3.18. The molecule has 156 valence electrons. The van der Waals surface area contributed by atoms with E-state index in [1.807, 2.05) is 37.4 Å². The van der Waals surface area contributed by atoms with Crippen LogP contribution in [0.3, 0.4) is 0 Å². The molecule has 3 aromatic heterocycles. The number of rotatable bonds is 6. The van der Waals surface area contributed by atoms with E-state index in [0.29, 0.717) is 29.4 Å². The number of carbonyl (C=O) groups is 1. The summed E-state index contributed by atoms with van der Waals surface area (Å²) in [4.78, 5) is 25.8. The largest absolute Gasteiger partial charge is 0.336 e. The lowest BCUT2D eigenvalue weighted by molar-refractivity contribution is 0.0781. The van der Waals surface area contributed by atoms with Crippen molar-refractivity contribution in [3.8, 4) is 0 Å². The number of carbonyl (C=O) groups excluding carboxylic acids is 1. The minimum atomic E-state index is -0.100. The van der Waals surface area contributed by atoms with Gasteiger partial charge in [0.25, 0.3) is 5.91 Å². The maximum atomic E-state index is 12.7. The van der Waals surface area contributed by atoms with Crippen molar-refractivity contribution in [2.75, 3.05) is 20.1 Å². The van der Waals surface area contributed by atoms with Crippen molar-refractivity contribution in [3.05, 3.63) is 71.1 Å². The Balaban J connectivity index is 1.37. The molecular weight excluding hydrogens is 380 g/mol. The summed E-state index contributed by atoms with van der Waals surface area (Å²) in [6.45, 7) is 5.04. The third-order valence-corrected chi connectivity index (χ3v) is 5.55. The lowest BCUT2D eigenvalue weighted by atomic mass is 9.94. The van der Waals surface area contributed by atoms with Crippen LogP contribution in [0.5, 0.6) is 0 Å².